The van der Waals surface area contributed by atoms with Gasteiger partial charge in [-0.1, -0.05) is 0 Å². The third-order valence-corrected chi connectivity index (χ3v) is 4.51. The van der Waals surface area contributed by atoms with Gasteiger partial charge in [0.05, 0.1) is 0 Å². The monoisotopic (exact) mass is 238 g/mol. The minimum absolute atomic E-state index is 0.0984. The molecule has 3 fully saturated rings. The number of hydrogen-bond donors (Lipinski definition) is 2. The van der Waals surface area contributed by atoms with Crippen molar-refractivity contribution in [3.63, 3.8) is 0 Å². The Morgan fingerprint density at radius 3 is 2.65 bits per heavy atom. The molecule has 0 spiro atoms. The van der Waals surface area contributed by atoms with E-state index in [1.54, 1.807) is 0 Å². The van der Waals surface area contributed by atoms with Crippen LogP contribution in [0, 0.1) is 0 Å². The molecular weight excluding hydrogens is 216 g/mol. The molecule has 96 valence electrons. The number of fused-ring (bicyclic) bond motifs is 2. The summed E-state index contributed by atoms with van der Waals surface area (Å²) < 4.78 is 5.59. The number of amides is 1. The largest absolute Gasteiger partial charge is 0.365 e. The lowest BCUT2D eigenvalue weighted by Gasteiger charge is -2.32. The van der Waals surface area contributed by atoms with Gasteiger partial charge in [0.1, 0.15) is 5.60 Å². The van der Waals surface area contributed by atoms with Gasteiger partial charge in [0, 0.05) is 24.7 Å². The Hall–Kier alpha value is -0.610. The van der Waals surface area contributed by atoms with Crippen LogP contribution in [0.15, 0.2) is 0 Å². The topological polar surface area (TPSA) is 50.4 Å². The van der Waals surface area contributed by atoms with Gasteiger partial charge >= 0.3 is 0 Å². The maximum Gasteiger partial charge on any atom is 0.252 e. The van der Waals surface area contributed by atoms with Crippen LogP contribution in [0.2, 0.25) is 0 Å². The van der Waals surface area contributed by atoms with Crippen LogP contribution in [0.4, 0.5) is 0 Å². The van der Waals surface area contributed by atoms with Crippen LogP contribution in [0.5, 0.6) is 0 Å². The second-order valence-corrected chi connectivity index (χ2v) is 5.96. The molecule has 3 rings (SSSR count). The van der Waals surface area contributed by atoms with Crippen molar-refractivity contribution in [2.75, 3.05) is 6.61 Å². The van der Waals surface area contributed by atoms with E-state index in [1.165, 1.54) is 12.8 Å². The van der Waals surface area contributed by atoms with Crippen molar-refractivity contribution in [2.45, 2.75) is 69.2 Å². The Labute approximate surface area is 102 Å². The van der Waals surface area contributed by atoms with Crippen LogP contribution >= 0.6 is 0 Å². The van der Waals surface area contributed by atoms with E-state index in [4.69, 9.17) is 4.74 Å². The maximum absolute atomic E-state index is 12.2. The van der Waals surface area contributed by atoms with Gasteiger partial charge in [0.25, 0.3) is 5.91 Å². The lowest BCUT2D eigenvalue weighted by Crippen LogP contribution is -2.53. The summed E-state index contributed by atoms with van der Waals surface area (Å²) in [6, 6.07) is 1.59. The van der Waals surface area contributed by atoms with Gasteiger partial charge < -0.3 is 15.4 Å². The molecule has 3 heterocycles. The Morgan fingerprint density at radius 1 is 1.35 bits per heavy atom. The van der Waals surface area contributed by atoms with Crippen molar-refractivity contribution in [3.05, 3.63) is 0 Å². The van der Waals surface area contributed by atoms with Gasteiger partial charge in [-0.25, -0.2) is 0 Å². The molecule has 1 amide bonds. The fourth-order valence-electron chi connectivity index (χ4n) is 3.47. The minimum Gasteiger partial charge on any atom is -0.365 e. The smallest absolute Gasteiger partial charge is 0.252 e. The van der Waals surface area contributed by atoms with E-state index in [-0.39, 0.29) is 5.91 Å². The van der Waals surface area contributed by atoms with E-state index >= 15 is 0 Å². The molecular formula is C13H22N2O2. The first-order chi connectivity index (χ1) is 8.16. The van der Waals surface area contributed by atoms with E-state index in [9.17, 15) is 4.79 Å². The number of carbonyl (C=O) groups is 1. The molecule has 0 radical (unpaired) electrons. The van der Waals surface area contributed by atoms with E-state index in [1.807, 2.05) is 6.92 Å². The van der Waals surface area contributed by atoms with Gasteiger partial charge in [0.2, 0.25) is 0 Å². The summed E-state index contributed by atoms with van der Waals surface area (Å²) in [5, 5.41) is 6.79. The SMILES string of the molecule is CC1(C(=O)NC2CC3CCC(C2)N3)CCCO1. The molecule has 4 nitrogen and oxygen atoms in total. The lowest BCUT2D eigenvalue weighted by atomic mass is 9.97. The Bertz CT molecular complexity index is 301. The molecule has 2 N–H and O–H groups in total. The van der Waals surface area contributed by atoms with Crippen LogP contribution in [0.1, 0.15) is 45.4 Å². The summed E-state index contributed by atoms with van der Waals surface area (Å²) in [5.74, 6) is 0.0984. The van der Waals surface area contributed by atoms with Crippen LogP contribution in [-0.2, 0) is 9.53 Å². The van der Waals surface area contributed by atoms with E-state index in [2.05, 4.69) is 10.6 Å². The fourth-order valence-corrected chi connectivity index (χ4v) is 3.47. The standard InChI is InChI=1S/C13H22N2O2/c1-13(5-2-6-17-13)12(16)15-11-7-9-3-4-10(8-11)14-9/h9-11,14H,2-8H2,1H3,(H,15,16). The molecule has 3 unspecified atom stereocenters. The van der Waals surface area contributed by atoms with Crippen LogP contribution in [0.25, 0.3) is 0 Å². The van der Waals surface area contributed by atoms with Crippen molar-refractivity contribution in [1.29, 1.82) is 0 Å². The van der Waals surface area contributed by atoms with Crippen LogP contribution in [0.3, 0.4) is 0 Å². The van der Waals surface area contributed by atoms with Gasteiger partial charge in [-0.05, 0) is 45.4 Å². The number of piperidine rings is 1. The van der Waals surface area contributed by atoms with Crippen molar-refractivity contribution >= 4 is 5.91 Å². The van der Waals surface area contributed by atoms with Crippen molar-refractivity contribution < 1.29 is 9.53 Å². The average Bonchev–Trinajstić information content (AvgIpc) is 2.87. The maximum atomic E-state index is 12.2. The molecule has 0 aromatic rings. The van der Waals surface area contributed by atoms with E-state index < -0.39 is 5.60 Å². The Kier molecular flexibility index (Phi) is 2.87. The molecule has 0 aliphatic carbocycles. The number of rotatable bonds is 2. The average molecular weight is 238 g/mol. The van der Waals surface area contributed by atoms with Gasteiger partial charge in [-0.15, -0.1) is 0 Å². The molecule has 0 aromatic carbocycles. The molecule has 3 saturated heterocycles. The summed E-state index contributed by atoms with van der Waals surface area (Å²) in [5.41, 5.74) is -0.566. The molecule has 0 aromatic heterocycles. The predicted molar refractivity (Wildman–Crippen MR) is 64.7 cm³/mol. The second kappa shape index (κ2) is 4.25. The first-order valence-corrected chi connectivity index (χ1v) is 6.87. The fraction of sp³-hybridized carbons (Fsp3) is 0.923. The number of nitrogens with one attached hydrogen (secondary N) is 2. The first kappa shape index (κ1) is 11.5. The molecule has 3 aliphatic heterocycles. The lowest BCUT2D eigenvalue weighted by molar-refractivity contribution is -0.140. The first-order valence-electron chi connectivity index (χ1n) is 6.87. The molecule has 2 bridgehead atoms. The summed E-state index contributed by atoms with van der Waals surface area (Å²) in [7, 11) is 0. The molecule has 0 saturated carbocycles. The number of carbonyl (C=O) groups excluding carboxylic acids is 1. The van der Waals surface area contributed by atoms with E-state index in [0.29, 0.717) is 18.1 Å². The van der Waals surface area contributed by atoms with Crippen LogP contribution in [-0.4, -0.2) is 36.2 Å². The number of hydrogen-bond acceptors (Lipinski definition) is 3. The van der Waals surface area contributed by atoms with Crippen LogP contribution < -0.4 is 10.6 Å². The van der Waals surface area contributed by atoms with Gasteiger partial charge in [0.15, 0.2) is 0 Å². The Balaban J connectivity index is 1.58. The third kappa shape index (κ3) is 2.20. The summed E-state index contributed by atoms with van der Waals surface area (Å²) >= 11 is 0. The molecule has 4 heteroatoms. The zero-order chi connectivity index (χ0) is 11.9. The predicted octanol–water partition coefficient (Wildman–Crippen LogP) is 0.955. The molecule has 17 heavy (non-hydrogen) atoms. The summed E-state index contributed by atoms with van der Waals surface area (Å²) in [6.07, 6.45) is 6.56. The van der Waals surface area contributed by atoms with Gasteiger partial charge in [-0.3, -0.25) is 4.79 Å². The second-order valence-electron chi connectivity index (χ2n) is 5.96. The normalized spacial score (nSPS) is 44.9. The highest BCUT2D eigenvalue weighted by Crippen LogP contribution is 2.29. The van der Waals surface area contributed by atoms with Gasteiger partial charge in [-0.2, -0.15) is 0 Å². The third-order valence-electron chi connectivity index (χ3n) is 4.51. The highest BCUT2D eigenvalue weighted by atomic mass is 16.5. The van der Waals surface area contributed by atoms with Crippen molar-refractivity contribution in [3.8, 4) is 0 Å². The quantitative estimate of drug-likeness (QED) is 0.753. The molecule has 3 atom stereocenters. The van der Waals surface area contributed by atoms with Crippen molar-refractivity contribution in [1.82, 2.24) is 10.6 Å². The zero-order valence-electron chi connectivity index (χ0n) is 10.5. The van der Waals surface area contributed by atoms with E-state index in [0.717, 1.165) is 32.3 Å². The highest BCUT2D eigenvalue weighted by Gasteiger charge is 2.40. The highest BCUT2D eigenvalue weighted by molar-refractivity contribution is 5.85. The summed E-state index contributed by atoms with van der Waals surface area (Å²) in [6.45, 7) is 2.65. The zero-order valence-corrected chi connectivity index (χ0v) is 10.5. The minimum atomic E-state index is -0.566. The number of ether oxygens (including phenoxy) is 1. The Morgan fingerprint density at radius 2 is 2.06 bits per heavy atom. The molecule has 3 aliphatic rings. The van der Waals surface area contributed by atoms with Crippen molar-refractivity contribution in [2.24, 2.45) is 0 Å². The summed E-state index contributed by atoms with van der Waals surface area (Å²) in [4.78, 5) is 12.2.